The molecule has 0 saturated heterocycles. The van der Waals surface area contributed by atoms with E-state index in [-0.39, 0.29) is 17.6 Å². The van der Waals surface area contributed by atoms with Crippen molar-refractivity contribution in [3.05, 3.63) is 98.4 Å². The smallest absolute Gasteiger partial charge is 0.254 e. The van der Waals surface area contributed by atoms with E-state index in [9.17, 15) is 14.9 Å². The Labute approximate surface area is 224 Å². The van der Waals surface area contributed by atoms with E-state index >= 15 is 0 Å². The van der Waals surface area contributed by atoms with Gasteiger partial charge in [-0.2, -0.15) is 5.26 Å². The first-order valence-electron chi connectivity index (χ1n) is 11.5. The van der Waals surface area contributed by atoms with Crippen LogP contribution in [0.5, 0.6) is 5.75 Å². The Bertz CT molecular complexity index is 1420. The summed E-state index contributed by atoms with van der Waals surface area (Å²) in [5.74, 6) is -0.309. The van der Waals surface area contributed by atoms with Crippen LogP contribution >= 0.6 is 23.1 Å². The summed E-state index contributed by atoms with van der Waals surface area (Å²) in [4.78, 5) is 27.1. The maximum Gasteiger partial charge on any atom is 0.254 e. The molecular formula is C28H26N4O3S2. The number of amides is 2. The molecule has 4 rings (SSSR count). The molecule has 2 amide bonds. The van der Waals surface area contributed by atoms with E-state index in [0.29, 0.717) is 33.3 Å². The first-order valence-corrected chi connectivity index (χ1v) is 13.4. The van der Waals surface area contributed by atoms with Crippen molar-refractivity contribution in [3.63, 3.8) is 0 Å². The molecule has 1 aliphatic rings. The van der Waals surface area contributed by atoms with Crippen molar-refractivity contribution in [2.45, 2.75) is 19.8 Å². The van der Waals surface area contributed by atoms with Gasteiger partial charge in [0.1, 0.15) is 5.75 Å². The van der Waals surface area contributed by atoms with Gasteiger partial charge >= 0.3 is 0 Å². The van der Waals surface area contributed by atoms with Crippen molar-refractivity contribution in [1.29, 1.82) is 5.26 Å². The van der Waals surface area contributed by atoms with Crippen molar-refractivity contribution in [2.24, 2.45) is 0 Å². The molecule has 1 aromatic heterocycles. The van der Waals surface area contributed by atoms with Crippen LogP contribution < -0.4 is 20.7 Å². The summed E-state index contributed by atoms with van der Waals surface area (Å²) in [5, 5.41) is 21.7. The van der Waals surface area contributed by atoms with E-state index in [1.165, 1.54) is 23.1 Å². The zero-order valence-corrected chi connectivity index (χ0v) is 22.3. The lowest BCUT2D eigenvalue weighted by molar-refractivity contribution is -0.114. The number of nitriles is 1. The van der Waals surface area contributed by atoms with Crippen LogP contribution in [0.25, 0.3) is 0 Å². The summed E-state index contributed by atoms with van der Waals surface area (Å²) >= 11 is 2.72. The van der Waals surface area contributed by atoms with Gasteiger partial charge in [-0.25, -0.2) is 0 Å². The highest BCUT2D eigenvalue weighted by Gasteiger charge is 2.35. The summed E-state index contributed by atoms with van der Waals surface area (Å²) in [6.45, 7) is 3.75. The van der Waals surface area contributed by atoms with Gasteiger partial charge in [-0.3, -0.25) is 9.59 Å². The molecular weight excluding hydrogens is 504 g/mol. The molecule has 0 fully saturated rings. The van der Waals surface area contributed by atoms with E-state index in [1.807, 2.05) is 55.6 Å². The number of nitrogens with zero attached hydrogens (tertiary/aromatic N) is 1. The number of para-hydroxylation sites is 1. The quantitative estimate of drug-likeness (QED) is 0.342. The third kappa shape index (κ3) is 6.05. The molecule has 2 heterocycles. The number of rotatable bonds is 8. The number of ether oxygens (including phenoxy) is 1. The third-order valence-corrected chi connectivity index (χ3v) is 7.77. The highest BCUT2D eigenvalue weighted by molar-refractivity contribution is 8.03. The molecule has 0 bridgehead atoms. The first kappa shape index (κ1) is 26.1. The number of hydrogen-bond donors (Lipinski definition) is 3. The number of nitrogens with one attached hydrogen (secondary N) is 3. The molecule has 0 aliphatic carbocycles. The predicted molar refractivity (Wildman–Crippen MR) is 149 cm³/mol. The second-order valence-corrected chi connectivity index (χ2v) is 10.3. The maximum absolute atomic E-state index is 13.5. The number of aryl methyl sites for hydroxylation is 1. The molecule has 0 saturated carbocycles. The van der Waals surface area contributed by atoms with Crippen LogP contribution in [0, 0.1) is 18.3 Å². The van der Waals surface area contributed by atoms with Gasteiger partial charge in [-0.1, -0.05) is 42.1 Å². The zero-order valence-electron chi connectivity index (χ0n) is 20.6. The lowest BCUT2D eigenvalue weighted by Gasteiger charge is -2.29. The SMILES string of the molecule is COc1cccc(NC(=O)CSC2=C(C#N)C(c3cccs3)C(C(=O)Nc3ccccc3C)=C(C)N2)c1. The van der Waals surface area contributed by atoms with E-state index in [1.54, 1.807) is 31.4 Å². The van der Waals surface area contributed by atoms with Crippen molar-refractivity contribution >= 4 is 46.3 Å². The van der Waals surface area contributed by atoms with Crippen molar-refractivity contribution < 1.29 is 14.3 Å². The van der Waals surface area contributed by atoms with Gasteiger partial charge in [0.25, 0.3) is 5.91 Å². The average molecular weight is 531 g/mol. The summed E-state index contributed by atoms with van der Waals surface area (Å²) in [6, 6.07) is 20.8. The number of allylic oxidation sites excluding steroid dienone is 2. The molecule has 37 heavy (non-hydrogen) atoms. The average Bonchev–Trinajstić information content (AvgIpc) is 3.43. The first-order chi connectivity index (χ1) is 17.9. The van der Waals surface area contributed by atoms with Crippen LogP contribution in [0.1, 0.15) is 23.3 Å². The number of dihydropyridines is 1. The number of hydrogen-bond acceptors (Lipinski definition) is 7. The molecule has 7 nitrogen and oxygen atoms in total. The number of carbonyl (C=O) groups excluding carboxylic acids is 2. The monoisotopic (exact) mass is 530 g/mol. The van der Waals surface area contributed by atoms with Crippen molar-refractivity contribution in [1.82, 2.24) is 5.32 Å². The van der Waals surface area contributed by atoms with Gasteiger partial charge in [0.05, 0.1) is 35.5 Å². The minimum absolute atomic E-state index is 0.0832. The Hall–Kier alpha value is -4.00. The molecule has 3 N–H and O–H groups in total. The van der Waals surface area contributed by atoms with E-state index in [0.717, 1.165) is 16.1 Å². The molecule has 0 radical (unpaired) electrons. The normalized spacial score (nSPS) is 15.0. The minimum Gasteiger partial charge on any atom is -0.497 e. The van der Waals surface area contributed by atoms with Crippen LogP contribution in [0.4, 0.5) is 11.4 Å². The van der Waals surface area contributed by atoms with Gasteiger partial charge in [0.2, 0.25) is 5.91 Å². The maximum atomic E-state index is 13.5. The lowest BCUT2D eigenvalue weighted by atomic mass is 9.86. The predicted octanol–water partition coefficient (Wildman–Crippen LogP) is 5.77. The Morgan fingerprint density at radius 1 is 1.11 bits per heavy atom. The fraction of sp³-hybridized carbons (Fsp3) is 0.179. The second-order valence-electron chi connectivity index (χ2n) is 8.30. The third-order valence-electron chi connectivity index (χ3n) is 5.81. The minimum atomic E-state index is -0.542. The van der Waals surface area contributed by atoms with E-state index in [2.05, 4.69) is 22.0 Å². The molecule has 3 aromatic rings. The molecule has 1 atom stereocenters. The van der Waals surface area contributed by atoms with E-state index in [4.69, 9.17) is 4.74 Å². The number of benzene rings is 2. The fourth-order valence-electron chi connectivity index (χ4n) is 4.01. The Balaban J connectivity index is 1.57. The number of thioether (sulfide) groups is 1. The molecule has 188 valence electrons. The molecule has 0 spiro atoms. The summed E-state index contributed by atoms with van der Waals surface area (Å²) < 4.78 is 5.21. The zero-order chi connectivity index (χ0) is 26.4. The standard InChI is InChI=1S/C28H26N4O3S2/c1-17-8-4-5-11-22(17)32-27(34)25-18(2)30-28(21(15-29)26(25)23-12-7-13-36-23)37-16-24(33)31-19-9-6-10-20(14-19)35-3/h4-14,26,30H,16H2,1-3H3,(H,31,33)(H,32,34). The van der Waals surface area contributed by atoms with Gasteiger partial charge in [-0.15, -0.1) is 11.3 Å². The van der Waals surface area contributed by atoms with Crippen LogP contribution in [-0.4, -0.2) is 24.7 Å². The Morgan fingerprint density at radius 3 is 2.62 bits per heavy atom. The van der Waals surface area contributed by atoms with Gasteiger partial charge in [0.15, 0.2) is 0 Å². The Kier molecular flexibility index (Phi) is 8.33. The second kappa shape index (κ2) is 11.8. The van der Waals surface area contributed by atoms with Crippen molar-refractivity contribution in [2.75, 3.05) is 23.5 Å². The summed E-state index contributed by atoms with van der Waals surface area (Å²) in [7, 11) is 1.57. The number of carbonyl (C=O) groups is 2. The van der Waals surface area contributed by atoms with Gasteiger partial charge in [0, 0.05) is 33.6 Å². The molecule has 9 heteroatoms. The lowest BCUT2D eigenvalue weighted by Crippen LogP contribution is -2.31. The van der Waals surface area contributed by atoms with E-state index < -0.39 is 5.92 Å². The highest BCUT2D eigenvalue weighted by atomic mass is 32.2. The van der Waals surface area contributed by atoms with Gasteiger partial charge in [-0.05, 0) is 49.1 Å². The van der Waals surface area contributed by atoms with Crippen LogP contribution in [0.15, 0.2) is 87.9 Å². The highest BCUT2D eigenvalue weighted by Crippen LogP contribution is 2.42. The number of anilines is 2. The molecule has 1 unspecified atom stereocenters. The topological polar surface area (TPSA) is 103 Å². The van der Waals surface area contributed by atoms with Crippen molar-refractivity contribution in [3.8, 4) is 11.8 Å². The molecule has 2 aromatic carbocycles. The van der Waals surface area contributed by atoms with Crippen LogP contribution in [0.3, 0.4) is 0 Å². The van der Waals surface area contributed by atoms with Gasteiger partial charge < -0.3 is 20.7 Å². The number of thiophene rings is 1. The van der Waals surface area contributed by atoms with Crippen LogP contribution in [-0.2, 0) is 9.59 Å². The Morgan fingerprint density at radius 2 is 1.92 bits per heavy atom. The number of methoxy groups -OCH3 is 1. The molecule has 1 aliphatic heterocycles. The largest absolute Gasteiger partial charge is 0.497 e. The fourth-order valence-corrected chi connectivity index (χ4v) is 5.74. The summed E-state index contributed by atoms with van der Waals surface area (Å²) in [5.41, 5.74) is 3.81. The van der Waals surface area contributed by atoms with Crippen LogP contribution in [0.2, 0.25) is 0 Å². The summed E-state index contributed by atoms with van der Waals surface area (Å²) in [6.07, 6.45) is 0.